The van der Waals surface area contributed by atoms with Gasteiger partial charge in [0.25, 0.3) is 0 Å². The maximum atomic E-state index is 9.26. The van der Waals surface area contributed by atoms with E-state index in [0.717, 1.165) is 25.7 Å². The molecule has 4 heteroatoms. The van der Waals surface area contributed by atoms with E-state index in [-0.39, 0.29) is 31.3 Å². The Morgan fingerprint density at radius 1 is 1.18 bits per heavy atom. The van der Waals surface area contributed by atoms with E-state index in [1.807, 2.05) is 6.92 Å². The lowest BCUT2D eigenvalue weighted by atomic mass is 9.75. The van der Waals surface area contributed by atoms with Gasteiger partial charge in [-0.25, -0.2) is 0 Å². The number of aliphatic hydroxyl groups is 3. The summed E-state index contributed by atoms with van der Waals surface area (Å²) in [5, 5.41) is 27.6. The van der Waals surface area contributed by atoms with Crippen LogP contribution in [0.1, 0.15) is 39.5 Å². The van der Waals surface area contributed by atoms with E-state index in [1.54, 1.807) is 0 Å². The molecule has 0 unspecified atom stereocenters. The highest BCUT2D eigenvalue weighted by molar-refractivity contribution is 4.82. The van der Waals surface area contributed by atoms with Crippen LogP contribution >= 0.6 is 0 Å². The Morgan fingerprint density at radius 2 is 1.71 bits per heavy atom. The van der Waals surface area contributed by atoms with Gasteiger partial charge >= 0.3 is 0 Å². The monoisotopic (exact) mass is 246 g/mol. The van der Waals surface area contributed by atoms with Crippen LogP contribution in [0.5, 0.6) is 0 Å². The maximum absolute atomic E-state index is 9.26. The van der Waals surface area contributed by atoms with Crippen molar-refractivity contribution in [2.45, 2.75) is 45.6 Å². The van der Waals surface area contributed by atoms with Gasteiger partial charge in [-0.1, -0.05) is 13.8 Å². The normalized spacial score (nSPS) is 30.5. The third-order valence-corrected chi connectivity index (χ3v) is 3.95. The summed E-state index contributed by atoms with van der Waals surface area (Å²) < 4.78 is 5.77. The lowest BCUT2D eigenvalue weighted by Gasteiger charge is -2.37. The summed E-state index contributed by atoms with van der Waals surface area (Å²) in [6.45, 7) is 4.42. The van der Waals surface area contributed by atoms with Crippen molar-refractivity contribution in [1.29, 1.82) is 0 Å². The van der Waals surface area contributed by atoms with Crippen molar-refractivity contribution in [3.05, 3.63) is 0 Å². The van der Waals surface area contributed by atoms with Crippen molar-refractivity contribution in [2.24, 2.45) is 10.8 Å². The summed E-state index contributed by atoms with van der Waals surface area (Å²) in [5.41, 5.74) is -0.491. The number of ether oxygens (including phenoxy) is 1. The summed E-state index contributed by atoms with van der Waals surface area (Å²) in [6.07, 6.45) is 4.05. The zero-order valence-electron chi connectivity index (χ0n) is 11.0. The van der Waals surface area contributed by atoms with Crippen LogP contribution in [0.3, 0.4) is 0 Å². The Kier molecular flexibility index (Phi) is 5.38. The Hall–Kier alpha value is -0.160. The lowest BCUT2D eigenvalue weighted by molar-refractivity contribution is -0.0716. The lowest BCUT2D eigenvalue weighted by Crippen LogP contribution is -2.36. The van der Waals surface area contributed by atoms with E-state index in [9.17, 15) is 5.11 Å². The molecular weight excluding hydrogens is 220 g/mol. The Labute approximate surface area is 104 Å². The number of aliphatic hydroxyl groups excluding tert-OH is 3. The molecule has 1 fully saturated rings. The molecule has 0 amide bonds. The molecule has 0 bridgehead atoms. The van der Waals surface area contributed by atoms with Crippen molar-refractivity contribution in [3.63, 3.8) is 0 Å². The zero-order valence-corrected chi connectivity index (χ0v) is 11.0. The number of hydrogen-bond acceptors (Lipinski definition) is 4. The van der Waals surface area contributed by atoms with Gasteiger partial charge in [-0.3, -0.25) is 0 Å². The molecule has 0 heterocycles. The van der Waals surface area contributed by atoms with Crippen LogP contribution < -0.4 is 0 Å². The molecule has 17 heavy (non-hydrogen) atoms. The van der Waals surface area contributed by atoms with Crippen LogP contribution in [0.25, 0.3) is 0 Å². The first-order valence-corrected chi connectivity index (χ1v) is 6.41. The van der Waals surface area contributed by atoms with Crippen LogP contribution in [-0.2, 0) is 4.74 Å². The van der Waals surface area contributed by atoms with Crippen LogP contribution in [0.15, 0.2) is 0 Å². The molecule has 1 rings (SSSR count). The average Bonchev–Trinajstić information content (AvgIpc) is 2.38. The highest BCUT2D eigenvalue weighted by Gasteiger charge is 2.32. The molecule has 0 atom stereocenters. The molecule has 1 saturated carbocycles. The molecule has 1 aliphatic carbocycles. The molecule has 0 saturated heterocycles. The first kappa shape index (κ1) is 14.9. The summed E-state index contributed by atoms with van der Waals surface area (Å²) in [4.78, 5) is 0. The molecule has 0 radical (unpaired) electrons. The smallest absolute Gasteiger partial charge is 0.0575 e. The molecule has 0 spiro atoms. The van der Waals surface area contributed by atoms with Crippen molar-refractivity contribution in [3.8, 4) is 0 Å². The van der Waals surface area contributed by atoms with Gasteiger partial charge in [0.1, 0.15) is 0 Å². The van der Waals surface area contributed by atoms with Crippen LogP contribution in [0.2, 0.25) is 0 Å². The molecule has 1 aliphatic rings. The third kappa shape index (κ3) is 4.21. The molecular formula is C13H26O4. The van der Waals surface area contributed by atoms with E-state index in [2.05, 4.69) is 6.92 Å². The summed E-state index contributed by atoms with van der Waals surface area (Å²) in [6, 6.07) is 0. The van der Waals surface area contributed by atoms with Crippen molar-refractivity contribution >= 4 is 0 Å². The second-order valence-electron chi connectivity index (χ2n) is 6.11. The largest absolute Gasteiger partial charge is 0.396 e. The molecule has 0 aromatic heterocycles. The number of hydrogen-bond donors (Lipinski definition) is 3. The van der Waals surface area contributed by atoms with Gasteiger partial charge in [0.2, 0.25) is 0 Å². The molecule has 3 N–H and O–H groups in total. The number of rotatable bonds is 6. The van der Waals surface area contributed by atoms with Crippen LogP contribution in [0, 0.1) is 10.8 Å². The minimum atomic E-state index is -0.544. The van der Waals surface area contributed by atoms with Gasteiger partial charge in [-0.2, -0.15) is 0 Å². The molecule has 0 aliphatic heterocycles. The van der Waals surface area contributed by atoms with Crippen molar-refractivity contribution < 1.29 is 20.1 Å². The van der Waals surface area contributed by atoms with E-state index in [1.165, 1.54) is 0 Å². The van der Waals surface area contributed by atoms with E-state index >= 15 is 0 Å². The zero-order chi connectivity index (χ0) is 12.9. The van der Waals surface area contributed by atoms with Gasteiger partial charge in [-0.05, 0) is 31.1 Å². The molecule has 4 nitrogen and oxygen atoms in total. The minimum absolute atomic E-state index is 0.0527. The molecule has 0 aromatic rings. The summed E-state index contributed by atoms with van der Waals surface area (Å²) >= 11 is 0. The van der Waals surface area contributed by atoms with E-state index in [4.69, 9.17) is 14.9 Å². The highest BCUT2D eigenvalue weighted by atomic mass is 16.5. The Bertz CT molecular complexity index is 217. The first-order chi connectivity index (χ1) is 7.97. The van der Waals surface area contributed by atoms with E-state index in [0.29, 0.717) is 6.61 Å². The average molecular weight is 246 g/mol. The summed E-state index contributed by atoms with van der Waals surface area (Å²) in [5.74, 6) is 0. The molecule has 102 valence electrons. The third-order valence-electron chi connectivity index (χ3n) is 3.95. The minimum Gasteiger partial charge on any atom is -0.396 e. The van der Waals surface area contributed by atoms with Gasteiger partial charge in [0.15, 0.2) is 0 Å². The Morgan fingerprint density at radius 3 is 2.12 bits per heavy atom. The SMILES string of the molecule is CC1(CO)CCC(OCC(C)(CO)CO)CC1. The van der Waals surface area contributed by atoms with Crippen molar-refractivity contribution in [1.82, 2.24) is 0 Å². The standard InChI is InChI=1S/C13H26O4/c1-12(7-14)5-3-11(4-6-12)17-10-13(2,8-15)9-16/h11,14-16H,3-10H2,1-2H3. The predicted molar refractivity (Wildman–Crippen MR) is 65.7 cm³/mol. The second-order valence-corrected chi connectivity index (χ2v) is 6.11. The van der Waals surface area contributed by atoms with Crippen LogP contribution in [0.4, 0.5) is 0 Å². The van der Waals surface area contributed by atoms with E-state index < -0.39 is 5.41 Å². The quantitative estimate of drug-likeness (QED) is 0.652. The fourth-order valence-electron chi connectivity index (χ4n) is 2.07. The van der Waals surface area contributed by atoms with Gasteiger partial charge in [0, 0.05) is 12.0 Å². The van der Waals surface area contributed by atoms with Gasteiger partial charge < -0.3 is 20.1 Å². The Balaban J connectivity index is 2.31. The van der Waals surface area contributed by atoms with Gasteiger partial charge in [-0.15, -0.1) is 0 Å². The fraction of sp³-hybridized carbons (Fsp3) is 1.00. The highest BCUT2D eigenvalue weighted by Crippen LogP contribution is 2.36. The maximum Gasteiger partial charge on any atom is 0.0575 e. The molecule has 0 aromatic carbocycles. The topological polar surface area (TPSA) is 69.9 Å². The van der Waals surface area contributed by atoms with Crippen molar-refractivity contribution in [2.75, 3.05) is 26.4 Å². The summed E-state index contributed by atoms with van der Waals surface area (Å²) in [7, 11) is 0. The van der Waals surface area contributed by atoms with Crippen LogP contribution in [-0.4, -0.2) is 47.9 Å². The fourth-order valence-corrected chi connectivity index (χ4v) is 2.07. The predicted octanol–water partition coefficient (Wildman–Crippen LogP) is 0.935. The second kappa shape index (κ2) is 6.14. The van der Waals surface area contributed by atoms with Gasteiger partial charge in [0.05, 0.1) is 25.9 Å². The first-order valence-electron chi connectivity index (χ1n) is 6.41.